The lowest BCUT2D eigenvalue weighted by Crippen LogP contribution is -2.36. The molecular weight excluding hydrogens is 405 g/mol. The van der Waals surface area contributed by atoms with Crippen LogP contribution in [0.2, 0.25) is 5.02 Å². The molecule has 0 unspecified atom stereocenters. The van der Waals surface area contributed by atoms with E-state index in [1.807, 2.05) is 4.90 Å². The van der Waals surface area contributed by atoms with Crippen molar-refractivity contribution in [3.8, 4) is 22.5 Å². The van der Waals surface area contributed by atoms with Gasteiger partial charge in [0.1, 0.15) is 11.5 Å². The molecule has 0 amide bonds. The van der Waals surface area contributed by atoms with Crippen LogP contribution in [0.15, 0.2) is 48.9 Å². The number of rotatable bonds is 3. The van der Waals surface area contributed by atoms with Crippen LogP contribution in [0.5, 0.6) is 0 Å². The van der Waals surface area contributed by atoms with Crippen molar-refractivity contribution in [1.29, 1.82) is 0 Å². The van der Waals surface area contributed by atoms with Gasteiger partial charge in [-0.1, -0.05) is 23.7 Å². The van der Waals surface area contributed by atoms with E-state index >= 15 is 0 Å². The van der Waals surface area contributed by atoms with Crippen molar-refractivity contribution in [2.24, 2.45) is 0 Å². The molecule has 3 heterocycles. The number of anilines is 1. The molecule has 1 aliphatic heterocycles. The highest BCUT2D eigenvalue weighted by Gasteiger charge is 2.30. The molecule has 0 aliphatic carbocycles. The van der Waals surface area contributed by atoms with E-state index in [1.165, 1.54) is 18.3 Å². The summed E-state index contributed by atoms with van der Waals surface area (Å²) in [6, 6.07) is 6.55. The van der Waals surface area contributed by atoms with Crippen molar-refractivity contribution >= 4 is 17.4 Å². The lowest BCUT2D eigenvalue weighted by molar-refractivity contribution is -0.137. The lowest BCUT2D eigenvalue weighted by atomic mass is 10.0. The number of alkyl halides is 3. The zero-order chi connectivity index (χ0) is 20.4. The first kappa shape index (κ1) is 19.6. The Morgan fingerprint density at radius 2 is 1.69 bits per heavy atom. The summed E-state index contributed by atoms with van der Waals surface area (Å²) in [4.78, 5) is 15.3. The molecule has 2 aromatic heterocycles. The molecule has 1 aromatic carbocycles. The SMILES string of the molecule is FC(F)(F)c1ccc(-c2ncc(N3CCOCC3)nc2-c2ccncc2Cl)cc1. The molecule has 1 saturated heterocycles. The molecule has 0 atom stereocenters. The van der Waals surface area contributed by atoms with Crippen molar-refractivity contribution in [1.82, 2.24) is 15.0 Å². The largest absolute Gasteiger partial charge is 0.416 e. The first-order valence-electron chi connectivity index (χ1n) is 8.91. The standard InChI is InChI=1S/C20H16ClF3N4O/c21-16-11-25-6-5-15(16)19-18(13-1-3-14(4-2-13)20(22,23)24)26-12-17(27-19)28-7-9-29-10-8-28/h1-6,11-12H,7-10H2. The molecular formula is C20H16ClF3N4O. The minimum Gasteiger partial charge on any atom is -0.378 e. The molecule has 0 N–H and O–H groups in total. The molecule has 4 rings (SSSR count). The van der Waals surface area contributed by atoms with Crippen LogP contribution in [0.4, 0.5) is 19.0 Å². The van der Waals surface area contributed by atoms with E-state index in [2.05, 4.69) is 9.97 Å². The molecule has 0 saturated carbocycles. The molecule has 3 aromatic rings. The third-order valence-electron chi connectivity index (χ3n) is 4.61. The number of halogens is 4. The number of aromatic nitrogens is 3. The van der Waals surface area contributed by atoms with Crippen molar-refractivity contribution < 1.29 is 17.9 Å². The van der Waals surface area contributed by atoms with Crippen LogP contribution in [0.25, 0.3) is 22.5 Å². The Balaban J connectivity index is 1.81. The van der Waals surface area contributed by atoms with Crippen LogP contribution in [0.1, 0.15) is 5.56 Å². The van der Waals surface area contributed by atoms with E-state index < -0.39 is 11.7 Å². The molecule has 1 fully saturated rings. The van der Waals surface area contributed by atoms with Gasteiger partial charge in [0.25, 0.3) is 0 Å². The van der Waals surface area contributed by atoms with Gasteiger partial charge in [0.2, 0.25) is 0 Å². The second-order valence-electron chi connectivity index (χ2n) is 6.46. The summed E-state index contributed by atoms with van der Waals surface area (Å²) in [5, 5.41) is 0.383. The highest BCUT2D eigenvalue weighted by atomic mass is 35.5. The molecule has 5 nitrogen and oxygen atoms in total. The van der Waals surface area contributed by atoms with Gasteiger partial charge in [0.15, 0.2) is 0 Å². The first-order chi connectivity index (χ1) is 13.9. The van der Waals surface area contributed by atoms with Gasteiger partial charge in [-0.15, -0.1) is 0 Å². The van der Waals surface area contributed by atoms with Crippen LogP contribution in [0, 0.1) is 0 Å². The zero-order valence-electron chi connectivity index (χ0n) is 15.2. The predicted octanol–water partition coefficient (Wildman–Crippen LogP) is 4.71. The summed E-state index contributed by atoms with van der Waals surface area (Å²) >= 11 is 6.33. The van der Waals surface area contributed by atoms with E-state index in [4.69, 9.17) is 21.3 Å². The van der Waals surface area contributed by atoms with E-state index in [9.17, 15) is 13.2 Å². The number of hydrogen-bond acceptors (Lipinski definition) is 5. The fraction of sp³-hybridized carbons (Fsp3) is 0.250. The van der Waals surface area contributed by atoms with E-state index in [0.29, 0.717) is 59.7 Å². The van der Waals surface area contributed by atoms with Crippen LogP contribution in [-0.2, 0) is 10.9 Å². The Kier molecular flexibility index (Phi) is 5.38. The molecule has 0 spiro atoms. The molecule has 150 valence electrons. The van der Waals surface area contributed by atoms with Gasteiger partial charge >= 0.3 is 6.18 Å². The van der Waals surface area contributed by atoms with Crippen molar-refractivity contribution in [2.45, 2.75) is 6.18 Å². The molecule has 29 heavy (non-hydrogen) atoms. The van der Waals surface area contributed by atoms with E-state index in [-0.39, 0.29) is 0 Å². The maximum atomic E-state index is 12.9. The average molecular weight is 421 g/mol. The third kappa shape index (κ3) is 4.18. The fourth-order valence-corrected chi connectivity index (χ4v) is 3.32. The van der Waals surface area contributed by atoms with Crippen molar-refractivity contribution in [2.75, 3.05) is 31.2 Å². The maximum absolute atomic E-state index is 12.9. The van der Waals surface area contributed by atoms with Crippen LogP contribution in [0.3, 0.4) is 0 Å². The van der Waals surface area contributed by atoms with E-state index in [1.54, 1.807) is 18.5 Å². The van der Waals surface area contributed by atoms with Crippen molar-refractivity contribution in [3.05, 3.63) is 59.5 Å². The quantitative estimate of drug-likeness (QED) is 0.614. The summed E-state index contributed by atoms with van der Waals surface area (Å²) in [5.41, 5.74) is 1.34. The minimum atomic E-state index is -4.40. The van der Waals surface area contributed by atoms with Gasteiger partial charge in [0, 0.05) is 36.6 Å². The fourth-order valence-electron chi connectivity index (χ4n) is 3.11. The Morgan fingerprint density at radius 3 is 2.34 bits per heavy atom. The summed E-state index contributed by atoms with van der Waals surface area (Å²) < 4.78 is 44.1. The van der Waals surface area contributed by atoms with Gasteiger partial charge in [-0.25, -0.2) is 4.98 Å². The lowest BCUT2D eigenvalue weighted by Gasteiger charge is -2.28. The zero-order valence-corrected chi connectivity index (χ0v) is 15.9. The van der Waals surface area contributed by atoms with Crippen LogP contribution < -0.4 is 4.90 Å². The number of hydrogen-bond donors (Lipinski definition) is 0. The number of pyridine rings is 1. The van der Waals surface area contributed by atoms with Gasteiger partial charge in [-0.05, 0) is 18.2 Å². The average Bonchev–Trinajstić information content (AvgIpc) is 2.74. The number of ether oxygens (including phenoxy) is 1. The first-order valence-corrected chi connectivity index (χ1v) is 9.28. The summed E-state index contributed by atoms with van der Waals surface area (Å²) in [5.74, 6) is 0.659. The minimum absolute atomic E-state index is 0.383. The second kappa shape index (κ2) is 7.96. The number of benzene rings is 1. The van der Waals surface area contributed by atoms with Gasteiger partial charge < -0.3 is 9.64 Å². The molecule has 0 radical (unpaired) electrons. The number of morpholine rings is 1. The number of nitrogens with zero attached hydrogens (tertiary/aromatic N) is 4. The Morgan fingerprint density at radius 1 is 0.966 bits per heavy atom. The molecule has 1 aliphatic rings. The van der Waals surface area contributed by atoms with Crippen LogP contribution >= 0.6 is 11.6 Å². The molecule has 9 heteroatoms. The second-order valence-corrected chi connectivity index (χ2v) is 6.86. The Bertz CT molecular complexity index is 1010. The van der Waals surface area contributed by atoms with Gasteiger partial charge in [-0.2, -0.15) is 13.2 Å². The highest BCUT2D eigenvalue weighted by Crippen LogP contribution is 2.36. The monoisotopic (exact) mass is 420 g/mol. The topological polar surface area (TPSA) is 51.1 Å². The predicted molar refractivity (Wildman–Crippen MR) is 104 cm³/mol. The normalized spacial score (nSPS) is 14.8. The highest BCUT2D eigenvalue weighted by molar-refractivity contribution is 6.33. The summed E-state index contributed by atoms with van der Waals surface area (Å²) in [6.45, 7) is 2.54. The molecule has 0 bridgehead atoms. The van der Waals surface area contributed by atoms with Gasteiger partial charge in [0.05, 0.1) is 35.7 Å². The maximum Gasteiger partial charge on any atom is 0.416 e. The van der Waals surface area contributed by atoms with Crippen molar-refractivity contribution in [3.63, 3.8) is 0 Å². The Labute approximate surface area is 170 Å². The Hall–Kier alpha value is -2.71. The summed E-state index contributed by atoms with van der Waals surface area (Å²) in [7, 11) is 0. The van der Waals surface area contributed by atoms with Crippen LogP contribution in [-0.4, -0.2) is 41.3 Å². The third-order valence-corrected chi connectivity index (χ3v) is 4.91. The van der Waals surface area contributed by atoms with E-state index in [0.717, 1.165) is 12.1 Å². The summed E-state index contributed by atoms with van der Waals surface area (Å²) in [6.07, 6.45) is 0.301. The smallest absolute Gasteiger partial charge is 0.378 e. The van der Waals surface area contributed by atoms with Gasteiger partial charge in [-0.3, -0.25) is 9.97 Å².